The first-order chi connectivity index (χ1) is 52.6. The fourth-order valence-electron chi connectivity index (χ4n) is 12.5. The number of hydrogen-bond acceptors (Lipinski definition) is 34. The van der Waals surface area contributed by atoms with Gasteiger partial charge in [-0.1, -0.05) is 41.5 Å². The molecule has 16 heterocycles. The average molecular weight is 1470 g/mol. The first kappa shape index (κ1) is 74.2. The van der Waals surface area contributed by atoms with E-state index in [1.165, 1.54) is 10.9 Å². The van der Waals surface area contributed by atoms with E-state index in [4.69, 9.17) is 76.8 Å². The van der Waals surface area contributed by atoms with Gasteiger partial charge < -0.3 is 70.6 Å². The first-order valence-corrected chi connectivity index (χ1v) is 36.2. The smallest absolute Gasteiger partial charge is 0.233 e. The first-order valence-electron chi connectivity index (χ1n) is 36.2. The number of carbonyl (C=O) groups excluding carboxylic acids is 1. The molecule has 2 atom stereocenters. The van der Waals surface area contributed by atoms with Gasteiger partial charge >= 0.3 is 0 Å². The third-order valence-electron chi connectivity index (χ3n) is 18.9. The van der Waals surface area contributed by atoms with Crippen LogP contribution in [0.2, 0.25) is 0 Å². The number of hydrogen-bond donors (Lipinski definition) is 4. The van der Waals surface area contributed by atoms with Crippen LogP contribution in [0.15, 0.2) is 74.9 Å². The highest BCUT2D eigenvalue weighted by atomic mass is 16.5. The summed E-state index contributed by atoms with van der Waals surface area (Å²) in [4.78, 5) is 110. The summed E-state index contributed by atoms with van der Waals surface area (Å²) in [6, 6.07) is 2.56. The van der Waals surface area contributed by atoms with Gasteiger partial charge in [0, 0.05) is 143 Å². The van der Waals surface area contributed by atoms with Crippen molar-refractivity contribution in [2.75, 3.05) is 148 Å². The number of aromatic nitrogens is 24. The Bertz CT molecular complexity index is 4910. The van der Waals surface area contributed by atoms with Gasteiger partial charge in [0.2, 0.25) is 53.5 Å². The minimum absolute atomic E-state index is 0.0499. The normalized spacial score (nSPS) is 15.4. The largest absolute Gasteiger partial charge is 0.378 e. The molecule has 2 unspecified atom stereocenters. The molecule has 12 aromatic heterocycles. The van der Waals surface area contributed by atoms with Gasteiger partial charge in [0.15, 0.2) is 22.6 Å². The molecule has 38 heteroatoms. The Morgan fingerprint density at radius 3 is 1.02 bits per heavy atom. The highest BCUT2D eigenvalue weighted by molar-refractivity contribution is 5.95. The quantitative estimate of drug-likeness (QED) is 0.0776. The fourth-order valence-corrected chi connectivity index (χ4v) is 12.5. The highest BCUT2D eigenvalue weighted by Gasteiger charge is 2.28. The SMILES string of the molecule is CC(C)C(C)n1cnc2c(-c3cnc(N)nc3)nc(N3CCOCC3)nc21.CCC(C#N)n1cnc2c(-c3cnc(N)nc3)nc(N3CCOCC3)nc21.CCC(CC)n1cnc2c(-c3cnc(N)nc3)nc(N3CCOCC3)nc21.CCCC(=O)n1cnc2c(-c3cnc(N)nc3)nc(N3CCOCC3)nc21. The Balaban J connectivity index is 0.000000127. The molecule has 4 aliphatic rings. The lowest BCUT2D eigenvalue weighted by atomic mass is 10.1. The second kappa shape index (κ2) is 34.0. The van der Waals surface area contributed by atoms with Gasteiger partial charge in [-0.15, -0.1) is 0 Å². The summed E-state index contributed by atoms with van der Waals surface area (Å²) in [5.41, 5.74) is 33.5. The molecule has 0 saturated carbocycles. The van der Waals surface area contributed by atoms with Crippen molar-refractivity contribution in [1.82, 2.24) is 118 Å². The molecule has 38 nitrogen and oxygen atoms in total. The molecule has 16 rings (SSSR count). The fraction of sp³-hybridized carbons (Fsp3) is 0.457. The minimum atomic E-state index is -0.349. The summed E-state index contributed by atoms with van der Waals surface area (Å²) in [6.07, 6.45) is 23.9. The molecule has 8 N–H and O–H groups in total. The predicted molar refractivity (Wildman–Crippen MR) is 405 cm³/mol. The Labute approximate surface area is 620 Å². The van der Waals surface area contributed by atoms with E-state index in [-0.39, 0.29) is 41.8 Å². The van der Waals surface area contributed by atoms with Crippen LogP contribution >= 0.6 is 0 Å². The topological polar surface area (TPSA) is 472 Å². The number of anilines is 8. The van der Waals surface area contributed by atoms with Crippen LogP contribution in [0.25, 0.3) is 89.7 Å². The van der Waals surface area contributed by atoms with Gasteiger partial charge in [-0.25, -0.2) is 79.7 Å². The standard InChI is InChI=1S/2C18H24N8O.C17H19N9O.C17H20N8O2/c1-11(2)12(3)26-10-22-15-14(13-8-20-17(19)21-9-13)23-18(24-16(15)26)25-4-6-27-7-5-25;1-3-13(4-2)26-11-22-15-14(12-9-20-17(19)21-10-12)23-18(24-16(15)26)25-5-7-27-8-6-25;1-2-12(7-18)26-10-22-14-13(11-8-20-16(19)21-9-11)23-17(24-15(14)26)25-3-5-27-6-4-25;1-2-3-12(26)25-10-21-14-13(11-8-19-16(18)20-9-11)22-17(23-15(14)25)24-4-6-27-7-5-24/h8-12H,4-7H2,1-3H3,(H2,19,20,21);9-11,13H,3-8H2,1-2H3,(H2,19,20,21);8-10,12H,2-6H2,1H3,(H2,19,20,21);8-10H,2-7H2,1H3,(H2,18,19,20). The molecule has 0 bridgehead atoms. The van der Waals surface area contributed by atoms with Crippen molar-refractivity contribution in [3.8, 4) is 51.1 Å². The summed E-state index contributed by atoms with van der Waals surface area (Å²) >= 11 is 0. The monoisotopic (exact) mass is 1470 g/mol. The van der Waals surface area contributed by atoms with Crippen LogP contribution in [0.3, 0.4) is 0 Å². The molecule has 562 valence electrons. The van der Waals surface area contributed by atoms with E-state index in [2.05, 4.69) is 129 Å². The number of nitrogens with zero attached hydrogens (tertiary/aromatic N) is 29. The van der Waals surface area contributed by atoms with Gasteiger partial charge in [0.25, 0.3) is 0 Å². The van der Waals surface area contributed by atoms with Gasteiger partial charge in [-0.2, -0.15) is 25.2 Å². The molecule has 108 heavy (non-hydrogen) atoms. The average Bonchev–Trinajstić information content (AvgIpc) is 1.56. The van der Waals surface area contributed by atoms with Crippen molar-refractivity contribution in [2.24, 2.45) is 5.92 Å². The zero-order valence-corrected chi connectivity index (χ0v) is 61.4. The number of nitriles is 1. The third kappa shape index (κ3) is 16.3. The molecular formula is C70H87N33O5. The van der Waals surface area contributed by atoms with Crippen molar-refractivity contribution in [3.63, 3.8) is 0 Å². The summed E-state index contributed by atoms with van der Waals surface area (Å²) in [5.74, 6) is 3.71. The lowest BCUT2D eigenvalue weighted by Crippen LogP contribution is -2.37. The van der Waals surface area contributed by atoms with Gasteiger partial charge in [0.1, 0.15) is 57.2 Å². The molecule has 0 spiro atoms. The number of imidazole rings is 4. The van der Waals surface area contributed by atoms with Crippen LogP contribution in [-0.2, 0) is 18.9 Å². The van der Waals surface area contributed by atoms with Crippen LogP contribution in [0, 0.1) is 17.2 Å². The molecule has 4 saturated heterocycles. The summed E-state index contributed by atoms with van der Waals surface area (Å²) in [6.45, 7) is 25.8. The van der Waals surface area contributed by atoms with Crippen LogP contribution in [0.1, 0.15) is 103 Å². The number of nitrogen functional groups attached to an aromatic ring is 4. The van der Waals surface area contributed by atoms with Crippen LogP contribution in [-0.4, -0.2) is 229 Å². The predicted octanol–water partition coefficient (Wildman–Crippen LogP) is 6.30. The lowest BCUT2D eigenvalue weighted by molar-refractivity contribution is 0.0905. The van der Waals surface area contributed by atoms with Crippen LogP contribution in [0.4, 0.5) is 47.6 Å². The zero-order chi connectivity index (χ0) is 75.4. The van der Waals surface area contributed by atoms with Crippen molar-refractivity contribution in [1.29, 1.82) is 5.26 Å². The van der Waals surface area contributed by atoms with Crippen molar-refractivity contribution in [2.45, 2.75) is 98.7 Å². The maximum atomic E-state index is 12.5. The molecular weight excluding hydrogens is 1380 g/mol. The van der Waals surface area contributed by atoms with Crippen LogP contribution in [0.5, 0.6) is 0 Å². The lowest BCUT2D eigenvalue weighted by Gasteiger charge is -2.27. The van der Waals surface area contributed by atoms with E-state index in [1.807, 2.05) is 31.4 Å². The maximum absolute atomic E-state index is 12.5. The number of nitrogens with two attached hydrogens (primary N) is 4. The number of fused-ring (bicyclic) bond motifs is 4. The van der Waals surface area contributed by atoms with E-state index in [0.717, 1.165) is 90.3 Å². The molecule has 4 fully saturated rings. The number of rotatable bonds is 17. The molecule has 12 aromatic rings. The van der Waals surface area contributed by atoms with Gasteiger partial charge in [-0.3, -0.25) is 13.9 Å². The van der Waals surface area contributed by atoms with Gasteiger partial charge in [-0.05, 0) is 38.5 Å². The molecule has 4 aliphatic heterocycles. The summed E-state index contributed by atoms with van der Waals surface area (Å²) in [7, 11) is 0. The zero-order valence-electron chi connectivity index (χ0n) is 61.4. The second-order valence-corrected chi connectivity index (χ2v) is 26.1. The van der Waals surface area contributed by atoms with Crippen molar-refractivity contribution < 1.29 is 23.7 Å². The summed E-state index contributed by atoms with van der Waals surface area (Å²) in [5, 5.41) is 9.49. The Morgan fingerprint density at radius 2 is 0.704 bits per heavy atom. The van der Waals surface area contributed by atoms with E-state index in [1.54, 1.807) is 60.5 Å². The molecule has 0 amide bonds. The minimum Gasteiger partial charge on any atom is -0.378 e. The number of carbonyl (C=O) groups is 1. The van der Waals surface area contributed by atoms with Gasteiger partial charge in [0.05, 0.1) is 77.9 Å². The molecule has 0 aromatic carbocycles. The van der Waals surface area contributed by atoms with Crippen molar-refractivity contribution in [3.05, 3.63) is 74.9 Å². The molecule has 0 radical (unpaired) electrons. The van der Waals surface area contributed by atoms with E-state index in [0.29, 0.717) is 172 Å². The Hall–Kier alpha value is -12.1. The Morgan fingerprint density at radius 1 is 0.407 bits per heavy atom. The highest BCUT2D eigenvalue weighted by Crippen LogP contribution is 2.35. The summed E-state index contributed by atoms with van der Waals surface area (Å²) < 4.78 is 29.3. The van der Waals surface area contributed by atoms with Crippen LogP contribution < -0.4 is 42.5 Å². The maximum Gasteiger partial charge on any atom is 0.233 e. The van der Waals surface area contributed by atoms with Crippen molar-refractivity contribution >= 4 is 98.1 Å². The Kier molecular flexibility index (Phi) is 23.4. The van der Waals surface area contributed by atoms with E-state index >= 15 is 0 Å². The number of morpholine rings is 4. The van der Waals surface area contributed by atoms with E-state index < -0.39 is 0 Å². The number of ether oxygens (including phenoxy) is 4. The molecule has 0 aliphatic carbocycles. The van der Waals surface area contributed by atoms with E-state index in [9.17, 15) is 10.1 Å². The third-order valence-corrected chi connectivity index (χ3v) is 18.9. The second-order valence-electron chi connectivity index (χ2n) is 26.1.